The lowest BCUT2D eigenvalue weighted by Crippen LogP contribution is -2.41. The van der Waals surface area contributed by atoms with E-state index in [-0.39, 0.29) is 5.41 Å². The summed E-state index contributed by atoms with van der Waals surface area (Å²) in [6, 6.07) is 8.23. The smallest absolute Gasteiger partial charge is 0.0888 e. The largest absolute Gasteiger partial charge is 0.255 e. The molecule has 0 N–H and O–H groups in total. The summed E-state index contributed by atoms with van der Waals surface area (Å²) in [6.45, 7) is 14.0. The molecule has 0 saturated heterocycles. The lowest BCUT2D eigenvalue weighted by Gasteiger charge is -2.26. The molecule has 112 valence electrons. The van der Waals surface area contributed by atoms with Gasteiger partial charge in [0.2, 0.25) is 0 Å². The Morgan fingerprint density at radius 3 is 2.24 bits per heavy atom. The molecule has 0 radical (unpaired) electrons. The summed E-state index contributed by atoms with van der Waals surface area (Å²) in [6.07, 6.45) is 5.00. The van der Waals surface area contributed by atoms with Crippen molar-refractivity contribution >= 4 is 13.3 Å². The molecule has 0 bridgehead atoms. The van der Waals surface area contributed by atoms with E-state index in [2.05, 4.69) is 62.6 Å². The van der Waals surface area contributed by atoms with E-state index in [4.69, 9.17) is 0 Å². The highest BCUT2D eigenvalue weighted by Crippen LogP contribution is 2.23. The van der Waals surface area contributed by atoms with Crippen LogP contribution < -0.4 is 5.19 Å². The number of hydrogen-bond donors (Lipinski definition) is 0. The van der Waals surface area contributed by atoms with Gasteiger partial charge >= 0.3 is 0 Å². The maximum atomic E-state index is 4.68. The van der Waals surface area contributed by atoms with Crippen LogP contribution in [0.25, 0.3) is 11.4 Å². The molecule has 0 aliphatic carbocycles. The van der Waals surface area contributed by atoms with E-state index in [1.54, 1.807) is 0 Å². The third-order valence-corrected chi connectivity index (χ3v) is 5.51. The second-order valence-corrected chi connectivity index (χ2v) is 13.0. The number of aromatic nitrogens is 2. The minimum absolute atomic E-state index is 0.275. The van der Waals surface area contributed by atoms with Crippen LogP contribution >= 0.6 is 0 Å². The highest BCUT2D eigenvalue weighted by atomic mass is 28.3. The molecule has 0 spiro atoms. The third kappa shape index (κ3) is 4.24. The van der Waals surface area contributed by atoms with Gasteiger partial charge < -0.3 is 0 Å². The average Bonchev–Trinajstić information content (AvgIpc) is 2.36. The molecule has 0 aliphatic heterocycles. The lowest BCUT2D eigenvalue weighted by molar-refractivity contribution is 0.412. The summed E-state index contributed by atoms with van der Waals surface area (Å²) in [5, 5.41) is 1.47. The molecule has 0 amide bonds. The summed E-state index contributed by atoms with van der Waals surface area (Å²) < 4.78 is 0. The van der Waals surface area contributed by atoms with Gasteiger partial charge in [-0.1, -0.05) is 46.5 Å². The first-order chi connectivity index (χ1) is 9.67. The van der Waals surface area contributed by atoms with Crippen molar-refractivity contribution in [1.29, 1.82) is 0 Å². The minimum Gasteiger partial charge on any atom is -0.255 e. The normalized spacial score (nSPS) is 12.5. The maximum absolute atomic E-state index is 4.68. The summed E-state index contributed by atoms with van der Waals surface area (Å²) >= 11 is 0. The summed E-state index contributed by atoms with van der Waals surface area (Å²) in [5.41, 5.74) is 3.65. The monoisotopic (exact) mass is 298 g/mol. The van der Waals surface area contributed by atoms with Crippen molar-refractivity contribution in [2.24, 2.45) is 5.41 Å². The highest BCUT2D eigenvalue weighted by molar-refractivity contribution is 6.89. The van der Waals surface area contributed by atoms with Gasteiger partial charge in [0.05, 0.1) is 19.5 Å². The molecule has 0 aromatic carbocycles. The van der Waals surface area contributed by atoms with Crippen LogP contribution in [-0.4, -0.2) is 18.0 Å². The molecule has 0 aliphatic rings. The average molecular weight is 299 g/mol. The van der Waals surface area contributed by atoms with Gasteiger partial charge in [0.1, 0.15) is 0 Å². The minimum atomic E-state index is -1.38. The van der Waals surface area contributed by atoms with Crippen LogP contribution in [0.2, 0.25) is 19.6 Å². The summed E-state index contributed by atoms with van der Waals surface area (Å²) in [4.78, 5) is 9.11. The maximum Gasteiger partial charge on any atom is 0.0888 e. The number of hydrogen-bond acceptors (Lipinski definition) is 2. The number of nitrogens with zero attached hydrogens (tertiary/aromatic N) is 2. The molecule has 0 unspecified atom stereocenters. The van der Waals surface area contributed by atoms with Gasteiger partial charge in [-0.15, -0.1) is 0 Å². The van der Waals surface area contributed by atoms with Gasteiger partial charge in [-0.2, -0.15) is 0 Å². The van der Waals surface area contributed by atoms with E-state index >= 15 is 0 Å². The van der Waals surface area contributed by atoms with Crippen LogP contribution in [0.4, 0.5) is 0 Å². The Morgan fingerprint density at radius 2 is 1.71 bits per heavy atom. The first-order valence-electron chi connectivity index (χ1n) is 7.58. The quantitative estimate of drug-likeness (QED) is 0.791. The van der Waals surface area contributed by atoms with Crippen LogP contribution in [0.3, 0.4) is 0 Å². The van der Waals surface area contributed by atoms with E-state index in [0.29, 0.717) is 0 Å². The summed E-state index contributed by atoms with van der Waals surface area (Å²) in [5.74, 6) is 0. The van der Waals surface area contributed by atoms with Crippen molar-refractivity contribution in [2.75, 3.05) is 0 Å². The fourth-order valence-electron chi connectivity index (χ4n) is 2.54. The Kier molecular flexibility index (Phi) is 4.33. The van der Waals surface area contributed by atoms with Gasteiger partial charge in [0, 0.05) is 12.4 Å². The van der Waals surface area contributed by atoms with E-state index < -0.39 is 8.07 Å². The molecular weight excluding hydrogens is 272 g/mol. The Hall–Kier alpha value is -1.48. The van der Waals surface area contributed by atoms with Crippen LogP contribution in [0, 0.1) is 5.41 Å². The zero-order valence-electron chi connectivity index (χ0n) is 14.1. The van der Waals surface area contributed by atoms with Gasteiger partial charge in [-0.25, -0.2) is 0 Å². The predicted octanol–water partition coefficient (Wildman–Crippen LogP) is 4.28. The predicted molar refractivity (Wildman–Crippen MR) is 93.6 cm³/mol. The van der Waals surface area contributed by atoms with Gasteiger partial charge in [0.25, 0.3) is 0 Å². The molecule has 0 fully saturated rings. The Balaban J connectivity index is 2.52. The zero-order chi connectivity index (χ0) is 15.7. The van der Waals surface area contributed by atoms with Crippen molar-refractivity contribution in [2.45, 2.75) is 46.8 Å². The van der Waals surface area contributed by atoms with Crippen LogP contribution in [0.15, 0.2) is 36.7 Å². The molecule has 2 rings (SSSR count). The summed E-state index contributed by atoms with van der Waals surface area (Å²) in [7, 11) is -1.38. The molecule has 2 aromatic heterocycles. The standard InChI is InChI=1S/C18H26N2Si/c1-18(2,3)12-14-11-16(15-9-7-8-10-19-15)20-13-17(14)21(4,5)6/h7-11,13H,12H2,1-6H3. The van der Waals surface area contributed by atoms with E-state index in [9.17, 15) is 0 Å². The Labute approximate surface area is 129 Å². The number of rotatable bonds is 3. The first kappa shape index (κ1) is 15.9. The van der Waals surface area contributed by atoms with Crippen LogP contribution in [0.5, 0.6) is 0 Å². The SMILES string of the molecule is CC(C)(C)Cc1cc(-c2ccccn2)ncc1[Si](C)(C)C. The molecule has 0 saturated carbocycles. The molecule has 2 aromatic rings. The highest BCUT2D eigenvalue weighted by Gasteiger charge is 2.24. The van der Waals surface area contributed by atoms with Crippen molar-refractivity contribution in [3.63, 3.8) is 0 Å². The Morgan fingerprint density at radius 1 is 1.00 bits per heavy atom. The molecule has 3 heteroatoms. The van der Waals surface area contributed by atoms with Crippen molar-refractivity contribution in [3.05, 3.63) is 42.2 Å². The lowest BCUT2D eigenvalue weighted by atomic mass is 9.88. The molecule has 2 nitrogen and oxygen atoms in total. The van der Waals surface area contributed by atoms with Gasteiger partial charge in [0.15, 0.2) is 0 Å². The molecule has 0 atom stereocenters. The topological polar surface area (TPSA) is 25.8 Å². The molecule has 2 heterocycles. The zero-order valence-corrected chi connectivity index (χ0v) is 15.1. The molecule has 21 heavy (non-hydrogen) atoms. The van der Waals surface area contributed by atoms with E-state index in [1.165, 1.54) is 10.8 Å². The first-order valence-corrected chi connectivity index (χ1v) is 11.1. The third-order valence-electron chi connectivity index (χ3n) is 3.45. The van der Waals surface area contributed by atoms with Crippen molar-refractivity contribution in [1.82, 2.24) is 9.97 Å². The van der Waals surface area contributed by atoms with Crippen molar-refractivity contribution in [3.8, 4) is 11.4 Å². The van der Waals surface area contributed by atoms with Crippen LogP contribution in [0.1, 0.15) is 26.3 Å². The fourth-order valence-corrected chi connectivity index (χ4v) is 4.12. The Bertz CT molecular complexity index is 607. The second kappa shape index (κ2) is 5.72. The van der Waals surface area contributed by atoms with Gasteiger partial charge in [-0.3, -0.25) is 9.97 Å². The van der Waals surface area contributed by atoms with Crippen LogP contribution in [-0.2, 0) is 6.42 Å². The molecular formula is C18H26N2Si. The van der Waals surface area contributed by atoms with E-state index in [0.717, 1.165) is 17.8 Å². The number of pyridine rings is 2. The van der Waals surface area contributed by atoms with Crippen molar-refractivity contribution < 1.29 is 0 Å². The second-order valence-electron chi connectivity index (χ2n) is 7.93. The van der Waals surface area contributed by atoms with Gasteiger partial charge in [-0.05, 0) is 40.8 Å². The van der Waals surface area contributed by atoms with E-state index in [1.807, 2.05) is 24.4 Å². The fraction of sp³-hybridized carbons (Fsp3) is 0.444.